The van der Waals surface area contributed by atoms with E-state index in [1.807, 2.05) is 0 Å². The molecule has 0 heterocycles. The van der Waals surface area contributed by atoms with Crippen LogP contribution in [0.15, 0.2) is 30.3 Å². The van der Waals surface area contributed by atoms with Crippen molar-refractivity contribution in [2.75, 3.05) is 0 Å². The van der Waals surface area contributed by atoms with Gasteiger partial charge in [0.15, 0.2) is 0 Å². The number of amides is 1. The highest BCUT2D eigenvalue weighted by molar-refractivity contribution is 5.92. The summed E-state index contributed by atoms with van der Waals surface area (Å²) < 4.78 is 0. The normalized spacial score (nSPS) is 22.1. The minimum Gasteiger partial charge on any atom is -0.350 e. The molecule has 0 spiro atoms. The van der Waals surface area contributed by atoms with E-state index in [-0.39, 0.29) is 17.6 Å². The molecule has 1 aliphatic carbocycles. The number of hydrogen-bond acceptors (Lipinski definition) is 3. The molecule has 0 bridgehead atoms. The maximum atomic E-state index is 11.9. The number of nitro groups is 1. The van der Waals surface area contributed by atoms with Crippen LogP contribution in [0.25, 0.3) is 6.08 Å². The molecule has 0 radical (unpaired) electrons. The zero-order valence-corrected chi connectivity index (χ0v) is 12.1. The maximum absolute atomic E-state index is 11.9. The Bertz CT molecular complexity index is 554. The SMILES string of the molecule is C[C@H]1CCCC[C@H]1NC(=O)/C=C/c1ccccc1[N+](=O)[O-]. The summed E-state index contributed by atoms with van der Waals surface area (Å²) in [6, 6.07) is 6.60. The second-order valence-corrected chi connectivity index (χ2v) is 5.53. The number of para-hydroxylation sites is 1. The van der Waals surface area contributed by atoms with E-state index in [1.54, 1.807) is 18.2 Å². The van der Waals surface area contributed by atoms with Crippen LogP contribution >= 0.6 is 0 Å². The van der Waals surface area contributed by atoms with Crippen molar-refractivity contribution < 1.29 is 9.72 Å². The molecule has 2 rings (SSSR count). The number of nitrogens with zero attached hydrogens (tertiary/aromatic N) is 1. The monoisotopic (exact) mass is 288 g/mol. The number of carbonyl (C=O) groups is 1. The summed E-state index contributed by atoms with van der Waals surface area (Å²) in [6.07, 6.45) is 7.39. The van der Waals surface area contributed by atoms with Gasteiger partial charge in [0.05, 0.1) is 10.5 Å². The molecule has 5 nitrogen and oxygen atoms in total. The Morgan fingerprint density at radius 3 is 2.76 bits per heavy atom. The molecule has 1 N–H and O–H groups in total. The molecule has 1 fully saturated rings. The van der Waals surface area contributed by atoms with Gasteiger partial charge in [-0.1, -0.05) is 31.9 Å². The predicted octanol–water partition coefficient (Wildman–Crippen LogP) is 3.30. The standard InChI is InChI=1S/C16H20N2O3/c1-12-6-2-4-8-14(12)17-16(19)11-10-13-7-3-5-9-15(13)18(20)21/h3,5,7,9-12,14H,2,4,6,8H2,1H3,(H,17,19)/b11-10+/t12-,14+/m0/s1. The van der Waals surface area contributed by atoms with Gasteiger partial charge in [0.2, 0.25) is 5.91 Å². The summed E-state index contributed by atoms with van der Waals surface area (Å²) in [7, 11) is 0. The van der Waals surface area contributed by atoms with Crippen molar-refractivity contribution in [3.05, 3.63) is 46.0 Å². The zero-order chi connectivity index (χ0) is 15.2. The lowest BCUT2D eigenvalue weighted by atomic mass is 9.86. The fraction of sp³-hybridized carbons (Fsp3) is 0.438. The van der Waals surface area contributed by atoms with E-state index in [1.165, 1.54) is 24.6 Å². The first-order chi connectivity index (χ1) is 10.1. The molecule has 1 aromatic carbocycles. The first-order valence-corrected chi connectivity index (χ1v) is 7.30. The van der Waals surface area contributed by atoms with Crippen molar-refractivity contribution in [2.45, 2.75) is 38.6 Å². The summed E-state index contributed by atoms with van der Waals surface area (Å²) in [5.41, 5.74) is 0.446. The fourth-order valence-electron chi connectivity index (χ4n) is 2.72. The van der Waals surface area contributed by atoms with E-state index in [9.17, 15) is 14.9 Å². The molecule has 112 valence electrons. The predicted molar refractivity (Wildman–Crippen MR) is 81.7 cm³/mol. The van der Waals surface area contributed by atoms with E-state index in [4.69, 9.17) is 0 Å². The largest absolute Gasteiger partial charge is 0.350 e. The van der Waals surface area contributed by atoms with Crippen LogP contribution in [0.4, 0.5) is 5.69 Å². The number of hydrogen-bond donors (Lipinski definition) is 1. The highest BCUT2D eigenvalue weighted by atomic mass is 16.6. The third-order valence-electron chi connectivity index (χ3n) is 3.99. The second kappa shape index (κ2) is 7.02. The average molecular weight is 288 g/mol. The molecule has 1 aliphatic rings. The van der Waals surface area contributed by atoms with Crippen LogP contribution in [0.2, 0.25) is 0 Å². The van der Waals surface area contributed by atoms with Gasteiger partial charge in [-0.25, -0.2) is 0 Å². The Hall–Kier alpha value is -2.17. The lowest BCUT2D eigenvalue weighted by Crippen LogP contribution is -2.40. The van der Waals surface area contributed by atoms with Crippen molar-refractivity contribution >= 4 is 17.7 Å². The molecule has 1 saturated carbocycles. The Kier molecular flexibility index (Phi) is 5.09. The van der Waals surface area contributed by atoms with Gasteiger partial charge in [-0.3, -0.25) is 14.9 Å². The zero-order valence-electron chi connectivity index (χ0n) is 12.1. The fourth-order valence-corrected chi connectivity index (χ4v) is 2.72. The first-order valence-electron chi connectivity index (χ1n) is 7.30. The third-order valence-corrected chi connectivity index (χ3v) is 3.99. The van der Waals surface area contributed by atoms with Gasteiger partial charge < -0.3 is 5.32 Å². The topological polar surface area (TPSA) is 72.2 Å². The third kappa shape index (κ3) is 4.15. The molecular formula is C16H20N2O3. The lowest BCUT2D eigenvalue weighted by molar-refractivity contribution is -0.385. The van der Waals surface area contributed by atoms with E-state index in [0.29, 0.717) is 11.5 Å². The van der Waals surface area contributed by atoms with E-state index < -0.39 is 4.92 Å². The van der Waals surface area contributed by atoms with Crippen LogP contribution in [0.1, 0.15) is 38.2 Å². The van der Waals surface area contributed by atoms with Gasteiger partial charge in [-0.15, -0.1) is 0 Å². The number of carbonyl (C=O) groups excluding carboxylic acids is 1. The molecular weight excluding hydrogens is 268 g/mol. The second-order valence-electron chi connectivity index (χ2n) is 5.53. The van der Waals surface area contributed by atoms with Crippen LogP contribution in [0, 0.1) is 16.0 Å². The number of rotatable bonds is 4. The van der Waals surface area contributed by atoms with E-state index in [0.717, 1.165) is 19.3 Å². The molecule has 0 unspecified atom stereocenters. The quantitative estimate of drug-likeness (QED) is 0.525. The van der Waals surface area contributed by atoms with Crippen LogP contribution in [-0.2, 0) is 4.79 Å². The minimum atomic E-state index is -0.444. The van der Waals surface area contributed by atoms with Crippen molar-refractivity contribution in [1.82, 2.24) is 5.32 Å². The Morgan fingerprint density at radius 1 is 1.33 bits per heavy atom. The van der Waals surface area contributed by atoms with Gasteiger partial charge in [-0.2, -0.15) is 0 Å². The molecule has 0 saturated heterocycles. The molecule has 5 heteroatoms. The van der Waals surface area contributed by atoms with Crippen LogP contribution in [0.3, 0.4) is 0 Å². The van der Waals surface area contributed by atoms with Crippen molar-refractivity contribution in [3.63, 3.8) is 0 Å². The molecule has 0 aliphatic heterocycles. The first kappa shape index (κ1) is 15.2. The number of nitro benzene ring substituents is 1. The van der Waals surface area contributed by atoms with Crippen LogP contribution in [0.5, 0.6) is 0 Å². The Balaban J connectivity index is 2.00. The maximum Gasteiger partial charge on any atom is 0.276 e. The molecule has 21 heavy (non-hydrogen) atoms. The molecule has 1 aromatic rings. The summed E-state index contributed by atoms with van der Waals surface area (Å²) in [6.45, 7) is 2.15. The smallest absolute Gasteiger partial charge is 0.276 e. The van der Waals surface area contributed by atoms with Gasteiger partial charge >= 0.3 is 0 Å². The van der Waals surface area contributed by atoms with Gasteiger partial charge in [0.25, 0.3) is 5.69 Å². The summed E-state index contributed by atoms with van der Waals surface area (Å²) in [4.78, 5) is 22.4. The Morgan fingerprint density at radius 2 is 2.05 bits per heavy atom. The van der Waals surface area contributed by atoms with Crippen LogP contribution in [-0.4, -0.2) is 16.9 Å². The summed E-state index contributed by atoms with van der Waals surface area (Å²) >= 11 is 0. The number of nitrogens with one attached hydrogen (secondary N) is 1. The van der Waals surface area contributed by atoms with Gasteiger partial charge in [0, 0.05) is 18.2 Å². The van der Waals surface area contributed by atoms with E-state index in [2.05, 4.69) is 12.2 Å². The summed E-state index contributed by atoms with van der Waals surface area (Å²) in [5, 5.41) is 13.9. The van der Waals surface area contributed by atoms with E-state index >= 15 is 0 Å². The highest BCUT2D eigenvalue weighted by Gasteiger charge is 2.22. The van der Waals surface area contributed by atoms with Crippen molar-refractivity contribution in [2.24, 2.45) is 5.92 Å². The average Bonchev–Trinajstić information content (AvgIpc) is 2.48. The molecule has 2 atom stereocenters. The van der Waals surface area contributed by atoms with Crippen molar-refractivity contribution in [3.8, 4) is 0 Å². The minimum absolute atomic E-state index is 0.00702. The van der Waals surface area contributed by atoms with Gasteiger partial charge in [-0.05, 0) is 30.9 Å². The molecule has 1 amide bonds. The van der Waals surface area contributed by atoms with Crippen molar-refractivity contribution in [1.29, 1.82) is 0 Å². The number of benzene rings is 1. The Labute approximate surface area is 124 Å². The van der Waals surface area contributed by atoms with Crippen LogP contribution < -0.4 is 5.32 Å². The highest BCUT2D eigenvalue weighted by Crippen LogP contribution is 2.24. The van der Waals surface area contributed by atoms with Gasteiger partial charge in [0.1, 0.15) is 0 Å². The summed E-state index contributed by atoms with van der Waals surface area (Å²) in [5.74, 6) is 0.300. The lowest BCUT2D eigenvalue weighted by Gasteiger charge is -2.29. The molecule has 0 aromatic heterocycles.